The second-order valence-corrected chi connectivity index (χ2v) is 7.13. The number of thiophene rings is 1. The number of aromatic nitrogens is 1. The zero-order valence-corrected chi connectivity index (χ0v) is 14.7. The molecule has 126 valence electrons. The molecule has 0 spiro atoms. The van der Waals surface area contributed by atoms with Gasteiger partial charge in [-0.15, -0.1) is 11.3 Å². The lowest BCUT2D eigenvalue weighted by Gasteiger charge is -2.05. The topological polar surface area (TPSA) is 44.9 Å². The number of carbonyl (C=O) groups excluding carboxylic acids is 1. The number of para-hydroxylation sites is 1. The Labute approximate surface area is 150 Å². The molecular formula is C21H20N2OS. The second kappa shape index (κ2) is 7.11. The van der Waals surface area contributed by atoms with E-state index in [9.17, 15) is 4.79 Å². The number of carbonyl (C=O) groups is 1. The van der Waals surface area contributed by atoms with Crippen LogP contribution in [0.15, 0.2) is 60.1 Å². The highest BCUT2D eigenvalue weighted by Gasteiger charge is 2.07. The fraction of sp³-hybridized carbons (Fsp3) is 0.190. The number of hydrogen-bond donors (Lipinski definition) is 2. The van der Waals surface area contributed by atoms with E-state index in [0.29, 0.717) is 13.0 Å². The maximum Gasteiger partial charge on any atom is 0.220 e. The van der Waals surface area contributed by atoms with Gasteiger partial charge in [0.15, 0.2) is 0 Å². The van der Waals surface area contributed by atoms with E-state index >= 15 is 0 Å². The van der Waals surface area contributed by atoms with Crippen LogP contribution in [0.2, 0.25) is 0 Å². The molecule has 0 radical (unpaired) electrons. The minimum atomic E-state index is 0.116. The van der Waals surface area contributed by atoms with Gasteiger partial charge in [-0.25, -0.2) is 0 Å². The van der Waals surface area contributed by atoms with Crippen LogP contribution in [0.1, 0.15) is 17.5 Å². The molecular weight excluding hydrogens is 328 g/mol. The maximum absolute atomic E-state index is 12.1. The number of benzene rings is 2. The molecule has 4 heteroatoms. The summed E-state index contributed by atoms with van der Waals surface area (Å²) < 4.78 is 1.31. The van der Waals surface area contributed by atoms with Crippen LogP contribution in [0, 0.1) is 0 Å². The first-order valence-electron chi connectivity index (χ1n) is 8.58. The van der Waals surface area contributed by atoms with E-state index in [0.717, 1.165) is 18.4 Å². The van der Waals surface area contributed by atoms with Gasteiger partial charge in [-0.05, 0) is 46.9 Å². The van der Waals surface area contributed by atoms with Crippen molar-refractivity contribution >= 4 is 38.2 Å². The highest BCUT2D eigenvalue weighted by Crippen LogP contribution is 2.25. The molecule has 0 aliphatic carbocycles. The summed E-state index contributed by atoms with van der Waals surface area (Å²) in [6, 6.07) is 16.6. The molecule has 0 bridgehead atoms. The summed E-state index contributed by atoms with van der Waals surface area (Å²) in [6.45, 7) is 0.688. The van der Waals surface area contributed by atoms with Crippen LogP contribution in [-0.2, 0) is 17.6 Å². The molecule has 2 heterocycles. The van der Waals surface area contributed by atoms with Crippen LogP contribution in [0.3, 0.4) is 0 Å². The van der Waals surface area contributed by atoms with Crippen molar-refractivity contribution in [1.82, 2.24) is 10.3 Å². The van der Waals surface area contributed by atoms with E-state index in [4.69, 9.17) is 0 Å². The first-order chi connectivity index (χ1) is 12.3. The fourth-order valence-electron chi connectivity index (χ4n) is 3.24. The molecule has 2 aromatic carbocycles. The lowest BCUT2D eigenvalue weighted by atomic mass is 10.1. The highest BCUT2D eigenvalue weighted by atomic mass is 32.1. The number of rotatable bonds is 6. The third kappa shape index (κ3) is 3.44. The van der Waals surface area contributed by atoms with Gasteiger partial charge in [0.2, 0.25) is 5.91 Å². The molecule has 0 aliphatic heterocycles. The van der Waals surface area contributed by atoms with Crippen molar-refractivity contribution in [2.45, 2.75) is 19.3 Å². The number of aryl methyl sites for hydroxylation is 1. The summed E-state index contributed by atoms with van der Waals surface area (Å²) in [4.78, 5) is 15.4. The average Bonchev–Trinajstić information content (AvgIpc) is 3.24. The Morgan fingerprint density at radius 2 is 1.76 bits per heavy atom. The van der Waals surface area contributed by atoms with Crippen LogP contribution in [-0.4, -0.2) is 17.4 Å². The largest absolute Gasteiger partial charge is 0.361 e. The van der Waals surface area contributed by atoms with Crippen molar-refractivity contribution < 1.29 is 4.79 Å². The maximum atomic E-state index is 12.1. The molecule has 0 aliphatic rings. The van der Waals surface area contributed by atoms with E-state index in [1.54, 1.807) is 11.3 Å². The third-order valence-electron chi connectivity index (χ3n) is 4.57. The first-order valence-corrected chi connectivity index (χ1v) is 9.46. The Morgan fingerprint density at radius 1 is 0.960 bits per heavy atom. The lowest BCUT2D eigenvalue weighted by molar-refractivity contribution is -0.121. The SMILES string of the molecule is O=C(CCc1c[nH]c2ccccc12)NCCc1csc2ccccc12. The summed E-state index contributed by atoms with van der Waals surface area (Å²) in [6.07, 6.45) is 4.17. The van der Waals surface area contributed by atoms with Gasteiger partial charge in [-0.2, -0.15) is 0 Å². The van der Waals surface area contributed by atoms with Crippen LogP contribution in [0.4, 0.5) is 0 Å². The van der Waals surface area contributed by atoms with Gasteiger partial charge >= 0.3 is 0 Å². The first kappa shape index (κ1) is 15.9. The van der Waals surface area contributed by atoms with Gasteiger partial charge in [0.1, 0.15) is 0 Å². The molecule has 25 heavy (non-hydrogen) atoms. The predicted octanol–water partition coefficient (Wildman–Crippen LogP) is 4.67. The van der Waals surface area contributed by atoms with E-state index < -0.39 is 0 Å². The molecule has 0 saturated carbocycles. The van der Waals surface area contributed by atoms with Crippen LogP contribution in [0.25, 0.3) is 21.0 Å². The van der Waals surface area contributed by atoms with Crippen molar-refractivity contribution in [2.24, 2.45) is 0 Å². The van der Waals surface area contributed by atoms with Crippen molar-refractivity contribution in [1.29, 1.82) is 0 Å². The van der Waals surface area contributed by atoms with Crippen LogP contribution < -0.4 is 5.32 Å². The molecule has 0 saturated heterocycles. The second-order valence-electron chi connectivity index (χ2n) is 6.22. The standard InChI is InChI=1S/C21H20N2OS/c24-21(10-9-15-13-23-19-7-3-1-5-17(15)19)22-12-11-16-14-25-20-8-4-2-6-18(16)20/h1-8,13-14,23H,9-12H2,(H,22,24). The average molecular weight is 348 g/mol. The Hall–Kier alpha value is -2.59. The van der Waals surface area contributed by atoms with E-state index in [1.165, 1.54) is 26.6 Å². The Balaban J connectivity index is 1.29. The number of amides is 1. The van der Waals surface area contributed by atoms with Gasteiger partial charge in [0.05, 0.1) is 0 Å². The zero-order valence-electron chi connectivity index (χ0n) is 13.9. The number of hydrogen-bond acceptors (Lipinski definition) is 2. The number of H-pyrrole nitrogens is 1. The Kier molecular flexibility index (Phi) is 4.53. The molecule has 2 aromatic heterocycles. The number of fused-ring (bicyclic) bond motifs is 2. The Morgan fingerprint density at radius 3 is 2.68 bits per heavy atom. The van der Waals surface area contributed by atoms with Crippen LogP contribution in [0.5, 0.6) is 0 Å². The predicted molar refractivity (Wildman–Crippen MR) is 105 cm³/mol. The summed E-state index contributed by atoms with van der Waals surface area (Å²) in [5.41, 5.74) is 3.65. The van der Waals surface area contributed by atoms with Gasteiger partial charge in [0.25, 0.3) is 0 Å². The van der Waals surface area contributed by atoms with Crippen molar-refractivity contribution in [3.05, 3.63) is 71.2 Å². The quantitative estimate of drug-likeness (QED) is 0.522. The fourth-order valence-corrected chi connectivity index (χ4v) is 4.24. The lowest BCUT2D eigenvalue weighted by Crippen LogP contribution is -2.25. The monoisotopic (exact) mass is 348 g/mol. The smallest absolute Gasteiger partial charge is 0.220 e. The summed E-state index contributed by atoms with van der Waals surface area (Å²) in [5.74, 6) is 0.116. The van der Waals surface area contributed by atoms with E-state index in [1.807, 2.05) is 18.3 Å². The molecule has 0 fully saturated rings. The van der Waals surface area contributed by atoms with Crippen molar-refractivity contribution in [2.75, 3.05) is 6.54 Å². The summed E-state index contributed by atoms with van der Waals surface area (Å²) in [7, 11) is 0. The minimum absolute atomic E-state index is 0.116. The number of nitrogens with one attached hydrogen (secondary N) is 2. The normalized spacial score (nSPS) is 11.2. The highest BCUT2D eigenvalue weighted by molar-refractivity contribution is 7.17. The molecule has 0 atom stereocenters. The van der Waals surface area contributed by atoms with Gasteiger partial charge in [-0.1, -0.05) is 36.4 Å². The Bertz CT molecular complexity index is 1010. The molecule has 2 N–H and O–H groups in total. The van der Waals surface area contributed by atoms with E-state index in [2.05, 4.69) is 52.1 Å². The van der Waals surface area contributed by atoms with Gasteiger partial charge in [-0.3, -0.25) is 4.79 Å². The number of aromatic amines is 1. The van der Waals surface area contributed by atoms with Crippen LogP contribution >= 0.6 is 11.3 Å². The minimum Gasteiger partial charge on any atom is -0.361 e. The summed E-state index contributed by atoms with van der Waals surface area (Å²) >= 11 is 1.77. The van der Waals surface area contributed by atoms with Crippen molar-refractivity contribution in [3.63, 3.8) is 0 Å². The molecule has 0 unspecified atom stereocenters. The van der Waals surface area contributed by atoms with Gasteiger partial charge in [0, 0.05) is 34.8 Å². The molecule has 4 aromatic rings. The van der Waals surface area contributed by atoms with Gasteiger partial charge < -0.3 is 10.3 Å². The molecule has 1 amide bonds. The zero-order chi connectivity index (χ0) is 17.1. The summed E-state index contributed by atoms with van der Waals surface area (Å²) in [5, 5.41) is 7.76. The third-order valence-corrected chi connectivity index (χ3v) is 5.59. The molecule has 3 nitrogen and oxygen atoms in total. The van der Waals surface area contributed by atoms with E-state index in [-0.39, 0.29) is 5.91 Å². The molecule has 4 rings (SSSR count). The van der Waals surface area contributed by atoms with Crippen molar-refractivity contribution in [3.8, 4) is 0 Å².